The van der Waals surface area contributed by atoms with Crippen molar-refractivity contribution in [3.05, 3.63) is 24.4 Å². The molecule has 21 heavy (non-hydrogen) atoms. The zero-order valence-corrected chi connectivity index (χ0v) is 13.0. The molecule has 6 heteroatoms. The Morgan fingerprint density at radius 2 is 2.14 bits per heavy atom. The molecular formula is C15H20N2O3S. The zero-order valence-electron chi connectivity index (χ0n) is 12.2. The number of carbonyl (C=O) groups excluding carboxylic acids is 2. The lowest BCUT2D eigenvalue weighted by Crippen LogP contribution is -2.41. The summed E-state index contributed by atoms with van der Waals surface area (Å²) in [6.45, 7) is 3.49. The highest BCUT2D eigenvalue weighted by atomic mass is 32.2. The number of carbonyl (C=O) groups is 2. The molecule has 5 nitrogen and oxygen atoms in total. The molecule has 114 valence electrons. The van der Waals surface area contributed by atoms with Crippen LogP contribution in [0.3, 0.4) is 0 Å². The van der Waals surface area contributed by atoms with Gasteiger partial charge in [0.1, 0.15) is 0 Å². The molecule has 2 rings (SSSR count). The number of nitrogens with zero attached hydrogens (tertiary/aromatic N) is 2. The van der Waals surface area contributed by atoms with Gasteiger partial charge < -0.3 is 9.64 Å². The predicted octanol–water partition coefficient (Wildman–Crippen LogP) is 1.98. The second-order valence-electron chi connectivity index (χ2n) is 4.86. The summed E-state index contributed by atoms with van der Waals surface area (Å²) in [7, 11) is 0. The van der Waals surface area contributed by atoms with E-state index in [1.165, 1.54) is 11.8 Å². The van der Waals surface area contributed by atoms with Gasteiger partial charge in [-0.15, -0.1) is 0 Å². The van der Waals surface area contributed by atoms with E-state index in [0.717, 1.165) is 5.03 Å². The van der Waals surface area contributed by atoms with Crippen molar-refractivity contribution in [3.8, 4) is 0 Å². The van der Waals surface area contributed by atoms with Crippen molar-refractivity contribution in [3.63, 3.8) is 0 Å². The molecule has 0 atom stereocenters. The molecule has 1 aromatic rings. The smallest absolute Gasteiger partial charge is 0.309 e. The summed E-state index contributed by atoms with van der Waals surface area (Å²) in [5.41, 5.74) is 0. The molecule has 0 unspecified atom stereocenters. The minimum Gasteiger partial charge on any atom is -0.466 e. The van der Waals surface area contributed by atoms with Crippen LogP contribution in [-0.4, -0.2) is 47.2 Å². The Hall–Kier alpha value is -1.56. The van der Waals surface area contributed by atoms with Crippen LogP contribution in [0, 0.1) is 5.92 Å². The molecule has 0 aromatic carbocycles. The van der Waals surface area contributed by atoms with Gasteiger partial charge in [-0.3, -0.25) is 9.59 Å². The SMILES string of the molecule is CCOC(=O)C1CCN(C(=O)CSc2ccccn2)CC1. The summed E-state index contributed by atoms with van der Waals surface area (Å²) in [6, 6.07) is 5.65. The summed E-state index contributed by atoms with van der Waals surface area (Å²) >= 11 is 1.44. The van der Waals surface area contributed by atoms with E-state index in [-0.39, 0.29) is 17.8 Å². The normalized spacial score (nSPS) is 15.8. The molecule has 0 N–H and O–H groups in total. The molecule has 0 aliphatic carbocycles. The quantitative estimate of drug-likeness (QED) is 0.615. The lowest BCUT2D eigenvalue weighted by molar-refractivity contribution is -0.151. The standard InChI is InChI=1S/C15H20N2O3S/c1-2-20-15(19)12-6-9-17(10-7-12)14(18)11-21-13-5-3-4-8-16-13/h3-5,8,12H,2,6-7,9-11H2,1H3. The topological polar surface area (TPSA) is 59.5 Å². The summed E-state index contributed by atoms with van der Waals surface area (Å²) < 4.78 is 5.03. The molecular weight excluding hydrogens is 288 g/mol. The number of hydrogen-bond donors (Lipinski definition) is 0. The van der Waals surface area contributed by atoms with E-state index in [2.05, 4.69) is 4.98 Å². The largest absolute Gasteiger partial charge is 0.466 e. The fraction of sp³-hybridized carbons (Fsp3) is 0.533. The first-order valence-corrected chi connectivity index (χ1v) is 8.17. The van der Waals surface area contributed by atoms with E-state index in [9.17, 15) is 9.59 Å². The molecule has 1 aromatic heterocycles. The number of aromatic nitrogens is 1. The number of pyridine rings is 1. The van der Waals surface area contributed by atoms with Crippen LogP contribution in [0.5, 0.6) is 0 Å². The third kappa shape index (κ3) is 4.74. The van der Waals surface area contributed by atoms with Gasteiger partial charge in [0.25, 0.3) is 0 Å². The van der Waals surface area contributed by atoms with Crippen molar-refractivity contribution in [1.82, 2.24) is 9.88 Å². The highest BCUT2D eigenvalue weighted by Gasteiger charge is 2.28. The number of hydrogen-bond acceptors (Lipinski definition) is 5. The summed E-state index contributed by atoms with van der Waals surface area (Å²) in [5.74, 6) is 0.305. The van der Waals surface area contributed by atoms with Gasteiger partial charge in [0, 0.05) is 19.3 Å². The molecule has 1 amide bonds. The van der Waals surface area contributed by atoms with Gasteiger partial charge in [0.05, 0.1) is 23.3 Å². The van der Waals surface area contributed by atoms with Crippen LogP contribution in [0.25, 0.3) is 0 Å². The third-order valence-electron chi connectivity index (χ3n) is 3.45. The first kappa shape index (κ1) is 15.8. The van der Waals surface area contributed by atoms with Gasteiger partial charge in [-0.05, 0) is 31.9 Å². The predicted molar refractivity (Wildman–Crippen MR) is 80.9 cm³/mol. The molecule has 1 aliphatic rings. The monoisotopic (exact) mass is 308 g/mol. The third-order valence-corrected chi connectivity index (χ3v) is 4.38. The lowest BCUT2D eigenvalue weighted by atomic mass is 9.97. The number of amides is 1. The summed E-state index contributed by atoms with van der Waals surface area (Å²) in [6.07, 6.45) is 3.11. The van der Waals surface area contributed by atoms with E-state index in [1.54, 1.807) is 6.20 Å². The van der Waals surface area contributed by atoms with Crippen molar-refractivity contribution < 1.29 is 14.3 Å². The molecule has 0 saturated carbocycles. The number of piperidine rings is 1. The van der Waals surface area contributed by atoms with Crippen molar-refractivity contribution in [2.75, 3.05) is 25.4 Å². The van der Waals surface area contributed by atoms with Crippen molar-refractivity contribution in [2.45, 2.75) is 24.8 Å². The number of rotatable bonds is 5. The van der Waals surface area contributed by atoms with Crippen molar-refractivity contribution in [1.29, 1.82) is 0 Å². The van der Waals surface area contributed by atoms with E-state index in [1.807, 2.05) is 30.0 Å². The Labute approximate surface area is 129 Å². The second kappa shape index (κ2) is 8.02. The Bertz CT molecular complexity index is 473. The van der Waals surface area contributed by atoms with Gasteiger partial charge in [-0.1, -0.05) is 17.8 Å². The van der Waals surface area contributed by atoms with Crippen LogP contribution < -0.4 is 0 Å². The fourth-order valence-electron chi connectivity index (χ4n) is 2.28. The van der Waals surface area contributed by atoms with Crippen LogP contribution in [0.15, 0.2) is 29.4 Å². The first-order chi connectivity index (χ1) is 10.2. The van der Waals surface area contributed by atoms with Gasteiger partial charge in [0.2, 0.25) is 5.91 Å². The maximum atomic E-state index is 12.1. The Morgan fingerprint density at radius 1 is 1.38 bits per heavy atom. The van der Waals surface area contributed by atoms with Gasteiger partial charge in [-0.2, -0.15) is 0 Å². The average Bonchev–Trinajstić information content (AvgIpc) is 2.54. The lowest BCUT2D eigenvalue weighted by Gasteiger charge is -2.30. The van der Waals surface area contributed by atoms with Crippen LogP contribution in [-0.2, 0) is 14.3 Å². The minimum atomic E-state index is -0.132. The van der Waals surface area contributed by atoms with E-state index in [4.69, 9.17) is 4.74 Å². The molecule has 0 bridgehead atoms. The number of likely N-dealkylation sites (tertiary alicyclic amines) is 1. The Morgan fingerprint density at radius 3 is 2.76 bits per heavy atom. The Kier molecular flexibility index (Phi) is 6.04. The van der Waals surface area contributed by atoms with Crippen LogP contribution in [0.2, 0.25) is 0 Å². The van der Waals surface area contributed by atoms with Gasteiger partial charge in [-0.25, -0.2) is 4.98 Å². The highest BCUT2D eigenvalue weighted by Crippen LogP contribution is 2.21. The van der Waals surface area contributed by atoms with E-state index < -0.39 is 0 Å². The van der Waals surface area contributed by atoms with Crippen LogP contribution >= 0.6 is 11.8 Å². The van der Waals surface area contributed by atoms with Crippen molar-refractivity contribution in [2.24, 2.45) is 5.92 Å². The molecule has 0 spiro atoms. The summed E-state index contributed by atoms with van der Waals surface area (Å²) in [4.78, 5) is 29.8. The first-order valence-electron chi connectivity index (χ1n) is 7.19. The minimum absolute atomic E-state index is 0.0579. The highest BCUT2D eigenvalue weighted by molar-refractivity contribution is 7.99. The van der Waals surface area contributed by atoms with Gasteiger partial charge >= 0.3 is 5.97 Å². The van der Waals surface area contributed by atoms with E-state index in [0.29, 0.717) is 38.3 Å². The second-order valence-corrected chi connectivity index (χ2v) is 5.86. The zero-order chi connectivity index (χ0) is 15.1. The van der Waals surface area contributed by atoms with Gasteiger partial charge in [0.15, 0.2) is 0 Å². The van der Waals surface area contributed by atoms with Crippen LogP contribution in [0.1, 0.15) is 19.8 Å². The molecule has 2 heterocycles. The summed E-state index contributed by atoms with van der Waals surface area (Å²) in [5, 5.41) is 0.854. The maximum absolute atomic E-state index is 12.1. The fourth-order valence-corrected chi connectivity index (χ4v) is 3.05. The number of esters is 1. The van der Waals surface area contributed by atoms with Crippen molar-refractivity contribution >= 4 is 23.6 Å². The molecule has 1 saturated heterocycles. The Balaban J connectivity index is 1.74. The molecule has 0 radical (unpaired) electrons. The average molecular weight is 308 g/mol. The number of ether oxygens (including phenoxy) is 1. The molecule has 1 aliphatic heterocycles. The number of thioether (sulfide) groups is 1. The van der Waals surface area contributed by atoms with E-state index >= 15 is 0 Å². The van der Waals surface area contributed by atoms with Crippen LogP contribution in [0.4, 0.5) is 0 Å². The maximum Gasteiger partial charge on any atom is 0.309 e. The molecule has 1 fully saturated rings.